The van der Waals surface area contributed by atoms with Gasteiger partial charge in [-0.25, -0.2) is 4.98 Å². The Morgan fingerprint density at radius 2 is 2.06 bits per heavy atom. The van der Waals surface area contributed by atoms with E-state index in [1.54, 1.807) is 0 Å². The number of aryl methyl sites for hydroxylation is 2. The maximum Gasteiger partial charge on any atom is 0.222 e. The first-order valence-corrected chi connectivity index (χ1v) is 5.83. The molecule has 2 rings (SSSR count). The summed E-state index contributed by atoms with van der Waals surface area (Å²) in [4.78, 5) is 8.21. The van der Waals surface area contributed by atoms with Gasteiger partial charge in [0.15, 0.2) is 0 Å². The van der Waals surface area contributed by atoms with Gasteiger partial charge >= 0.3 is 0 Å². The van der Waals surface area contributed by atoms with E-state index in [4.69, 9.17) is 5.73 Å². The van der Waals surface area contributed by atoms with Gasteiger partial charge in [-0.2, -0.15) is 10.1 Å². The molecule has 0 fully saturated rings. The molecule has 0 radical (unpaired) electrons. The van der Waals surface area contributed by atoms with Gasteiger partial charge in [0.25, 0.3) is 0 Å². The molecule has 0 amide bonds. The summed E-state index contributed by atoms with van der Waals surface area (Å²) >= 11 is 0. The number of nitrogens with two attached hydrogens (primary N) is 1. The Morgan fingerprint density at radius 3 is 2.61 bits per heavy atom. The van der Waals surface area contributed by atoms with E-state index in [1.807, 2.05) is 37.8 Å². The van der Waals surface area contributed by atoms with Crippen LogP contribution in [0.2, 0.25) is 0 Å². The van der Waals surface area contributed by atoms with E-state index in [0.717, 1.165) is 22.8 Å². The van der Waals surface area contributed by atoms with Crippen LogP contribution >= 0.6 is 0 Å². The molecule has 0 aliphatic carbocycles. The van der Waals surface area contributed by atoms with Gasteiger partial charge in [-0.3, -0.25) is 4.68 Å². The molecule has 0 saturated carbocycles. The zero-order chi connectivity index (χ0) is 13.3. The van der Waals surface area contributed by atoms with Crippen molar-refractivity contribution in [3.8, 4) is 0 Å². The number of nitrogen functional groups attached to an aromatic ring is 1. The molecule has 0 spiro atoms. The molecule has 0 saturated heterocycles. The summed E-state index contributed by atoms with van der Waals surface area (Å²) < 4.78 is 1.85. The van der Waals surface area contributed by atoms with Gasteiger partial charge < -0.3 is 11.1 Å². The van der Waals surface area contributed by atoms with Crippen molar-refractivity contribution < 1.29 is 0 Å². The lowest BCUT2D eigenvalue weighted by Gasteiger charge is -2.14. The van der Waals surface area contributed by atoms with E-state index in [-0.39, 0.29) is 12.0 Å². The minimum absolute atomic E-state index is 0.118. The second-order valence-corrected chi connectivity index (χ2v) is 4.43. The first-order valence-electron chi connectivity index (χ1n) is 5.83. The normalized spacial score (nSPS) is 12.4. The molecule has 0 aromatic carbocycles. The van der Waals surface area contributed by atoms with Crippen LogP contribution in [0, 0.1) is 13.8 Å². The Hall–Kier alpha value is -2.11. The molecule has 96 valence electrons. The number of anilines is 2. The van der Waals surface area contributed by atoms with E-state index < -0.39 is 0 Å². The van der Waals surface area contributed by atoms with Gasteiger partial charge in [0, 0.05) is 30.1 Å². The molecule has 1 atom stereocenters. The molecular formula is C12H18N6. The predicted molar refractivity (Wildman–Crippen MR) is 71.2 cm³/mol. The molecule has 2 aromatic rings. The highest BCUT2D eigenvalue weighted by Gasteiger charge is 2.12. The molecule has 0 aliphatic heterocycles. The van der Waals surface area contributed by atoms with E-state index in [1.165, 1.54) is 0 Å². The number of aromatic nitrogens is 4. The monoisotopic (exact) mass is 246 g/mol. The summed E-state index contributed by atoms with van der Waals surface area (Å²) in [7, 11) is 1.93. The number of nitrogens with one attached hydrogen (secondary N) is 1. The van der Waals surface area contributed by atoms with Crippen molar-refractivity contribution in [2.45, 2.75) is 26.8 Å². The highest BCUT2D eigenvalue weighted by molar-refractivity contribution is 5.42. The third-order valence-corrected chi connectivity index (χ3v) is 2.98. The standard InChI is InChI=1S/C12H18N6/c1-7-5-11(17-12(13)15-7)16-8(2)10-6-14-18(4)9(10)3/h5-6,8H,1-4H3,(H3,13,15,16,17)/t8-/m0/s1. The van der Waals surface area contributed by atoms with Crippen molar-refractivity contribution in [2.75, 3.05) is 11.1 Å². The largest absolute Gasteiger partial charge is 0.368 e. The Morgan fingerprint density at radius 1 is 1.33 bits per heavy atom. The zero-order valence-corrected chi connectivity index (χ0v) is 11.1. The van der Waals surface area contributed by atoms with Crippen molar-refractivity contribution >= 4 is 11.8 Å². The number of hydrogen-bond donors (Lipinski definition) is 2. The van der Waals surface area contributed by atoms with Gasteiger partial charge in [-0.1, -0.05) is 0 Å². The lowest BCUT2D eigenvalue weighted by atomic mass is 10.1. The maximum absolute atomic E-state index is 5.63. The fourth-order valence-corrected chi connectivity index (χ4v) is 1.91. The van der Waals surface area contributed by atoms with Crippen molar-refractivity contribution in [2.24, 2.45) is 7.05 Å². The summed E-state index contributed by atoms with van der Waals surface area (Å²) in [6.07, 6.45) is 1.87. The van der Waals surface area contributed by atoms with Crippen LogP contribution in [0.4, 0.5) is 11.8 Å². The molecule has 2 heterocycles. The van der Waals surface area contributed by atoms with Crippen LogP contribution in [0.3, 0.4) is 0 Å². The van der Waals surface area contributed by atoms with Crippen molar-refractivity contribution in [3.05, 3.63) is 29.2 Å². The van der Waals surface area contributed by atoms with Gasteiger partial charge in [0.2, 0.25) is 5.95 Å². The summed E-state index contributed by atoms with van der Waals surface area (Å²) in [5.74, 6) is 1.02. The average Bonchev–Trinajstić information content (AvgIpc) is 2.58. The predicted octanol–water partition coefficient (Wildman–Crippen LogP) is 1.58. The minimum Gasteiger partial charge on any atom is -0.368 e. The molecular weight excluding hydrogens is 228 g/mol. The lowest BCUT2D eigenvalue weighted by molar-refractivity contribution is 0.734. The van der Waals surface area contributed by atoms with Crippen LogP contribution in [0.5, 0.6) is 0 Å². The second kappa shape index (κ2) is 4.64. The van der Waals surface area contributed by atoms with Gasteiger partial charge in [0.05, 0.1) is 12.2 Å². The summed E-state index contributed by atoms with van der Waals surface area (Å²) in [6.45, 7) is 6.00. The van der Waals surface area contributed by atoms with Crippen molar-refractivity contribution in [3.63, 3.8) is 0 Å². The van der Waals surface area contributed by atoms with Crippen LogP contribution in [0.1, 0.15) is 29.9 Å². The maximum atomic E-state index is 5.63. The Labute approximate surface area is 106 Å². The lowest BCUT2D eigenvalue weighted by Crippen LogP contribution is -2.10. The van der Waals surface area contributed by atoms with Crippen LogP contribution in [-0.4, -0.2) is 19.7 Å². The second-order valence-electron chi connectivity index (χ2n) is 4.43. The van der Waals surface area contributed by atoms with Crippen molar-refractivity contribution in [1.82, 2.24) is 19.7 Å². The number of rotatable bonds is 3. The van der Waals surface area contributed by atoms with Crippen molar-refractivity contribution in [1.29, 1.82) is 0 Å². The van der Waals surface area contributed by atoms with E-state index in [2.05, 4.69) is 27.3 Å². The fourth-order valence-electron chi connectivity index (χ4n) is 1.91. The van der Waals surface area contributed by atoms with Crippen LogP contribution in [0.25, 0.3) is 0 Å². The number of hydrogen-bond acceptors (Lipinski definition) is 5. The third kappa shape index (κ3) is 2.42. The fraction of sp³-hybridized carbons (Fsp3) is 0.417. The molecule has 18 heavy (non-hydrogen) atoms. The molecule has 0 bridgehead atoms. The third-order valence-electron chi connectivity index (χ3n) is 2.98. The summed E-state index contributed by atoms with van der Waals surface area (Å²) in [6, 6.07) is 1.99. The Kier molecular flexibility index (Phi) is 3.18. The Bertz CT molecular complexity index is 539. The van der Waals surface area contributed by atoms with Gasteiger partial charge in [-0.15, -0.1) is 0 Å². The molecule has 6 nitrogen and oxygen atoms in total. The van der Waals surface area contributed by atoms with E-state index >= 15 is 0 Å². The van der Waals surface area contributed by atoms with Crippen LogP contribution in [-0.2, 0) is 7.05 Å². The molecule has 6 heteroatoms. The van der Waals surface area contributed by atoms with E-state index in [0.29, 0.717) is 0 Å². The minimum atomic E-state index is 0.118. The summed E-state index contributed by atoms with van der Waals surface area (Å²) in [5, 5.41) is 7.54. The zero-order valence-electron chi connectivity index (χ0n) is 11.1. The van der Waals surface area contributed by atoms with Gasteiger partial charge in [-0.05, 0) is 20.8 Å². The first kappa shape index (κ1) is 12.3. The molecule has 3 N–H and O–H groups in total. The molecule has 2 aromatic heterocycles. The van der Waals surface area contributed by atoms with Crippen LogP contribution < -0.4 is 11.1 Å². The van der Waals surface area contributed by atoms with Crippen LogP contribution in [0.15, 0.2) is 12.3 Å². The first-order chi connectivity index (χ1) is 8.47. The quantitative estimate of drug-likeness (QED) is 0.859. The highest BCUT2D eigenvalue weighted by Crippen LogP contribution is 2.21. The highest BCUT2D eigenvalue weighted by atomic mass is 15.3. The Balaban J connectivity index is 2.21. The van der Waals surface area contributed by atoms with E-state index in [9.17, 15) is 0 Å². The summed E-state index contributed by atoms with van der Waals surface area (Å²) in [5.41, 5.74) is 8.76. The SMILES string of the molecule is Cc1cc(N[C@@H](C)c2cnn(C)c2C)nc(N)n1. The number of nitrogens with zero attached hydrogens (tertiary/aromatic N) is 4. The van der Waals surface area contributed by atoms with Gasteiger partial charge in [0.1, 0.15) is 5.82 Å². The molecule has 0 aliphatic rings. The average molecular weight is 246 g/mol. The topological polar surface area (TPSA) is 81.7 Å². The molecule has 0 unspecified atom stereocenters. The smallest absolute Gasteiger partial charge is 0.222 e.